The number of aromatic nitrogens is 2. The van der Waals surface area contributed by atoms with Crippen molar-refractivity contribution < 1.29 is 8.42 Å². The summed E-state index contributed by atoms with van der Waals surface area (Å²) in [4.78, 5) is 4.28. The van der Waals surface area contributed by atoms with Gasteiger partial charge in [-0.25, -0.2) is 13.4 Å². The van der Waals surface area contributed by atoms with E-state index in [1.165, 1.54) is 4.31 Å². The van der Waals surface area contributed by atoms with Crippen molar-refractivity contribution in [2.24, 2.45) is 5.73 Å². The Morgan fingerprint density at radius 2 is 2.11 bits per heavy atom. The van der Waals surface area contributed by atoms with Gasteiger partial charge in [0.2, 0.25) is 0 Å². The summed E-state index contributed by atoms with van der Waals surface area (Å²) in [6.45, 7) is 1.79. The van der Waals surface area contributed by atoms with Gasteiger partial charge in [0.25, 0.3) is 10.0 Å². The van der Waals surface area contributed by atoms with Gasteiger partial charge in [-0.2, -0.15) is 4.31 Å². The first kappa shape index (κ1) is 14.8. The fraction of sp³-hybridized carbons (Fsp3) is 0.727. The second-order valence-electron chi connectivity index (χ2n) is 5.06. The van der Waals surface area contributed by atoms with Crippen molar-refractivity contribution in [3.63, 3.8) is 0 Å². The zero-order valence-electron chi connectivity index (χ0n) is 10.7. The minimum atomic E-state index is -3.44. The Bertz CT molecular complexity index is 534. The van der Waals surface area contributed by atoms with E-state index in [4.69, 9.17) is 5.73 Å². The first-order valence-electron chi connectivity index (χ1n) is 6.39. The summed E-state index contributed by atoms with van der Waals surface area (Å²) >= 11 is 0. The van der Waals surface area contributed by atoms with Gasteiger partial charge in [-0.15, -0.1) is 12.4 Å². The molecule has 1 atom stereocenters. The molecule has 1 saturated heterocycles. The summed E-state index contributed by atoms with van der Waals surface area (Å²) in [5.74, 6) is 0.892. The Balaban J connectivity index is 0.00000133. The summed E-state index contributed by atoms with van der Waals surface area (Å²) in [7, 11) is -3.44. The number of fused-ring (bicyclic) bond motifs is 1. The average Bonchev–Trinajstić information content (AvgIpc) is 2.94. The van der Waals surface area contributed by atoms with Crippen molar-refractivity contribution in [2.45, 2.75) is 43.3 Å². The van der Waals surface area contributed by atoms with E-state index < -0.39 is 10.0 Å². The Kier molecular flexibility index (Phi) is 4.20. The number of nitrogens with zero attached hydrogens (tertiary/aromatic N) is 3. The van der Waals surface area contributed by atoms with Crippen LogP contribution in [0.3, 0.4) is 0 Å². The molecule has 1 aromatic heterocycles. The van der Waals surface area contributed by atoms with Gasteiger partial charge in [0.05, 0.1) is 0 Å². The van der Waals surface area contributed by atoms with E-state index in [0.717, 1.165) is 38.1 Å². The van der Waals surface area contributed by atoms with Gasteiger partial charge in [0.15, 0.2) is 5.03 Å². The highest BCUT2D eigenvalue weighted by molar-refractivity contribution is 7.89. The van der Waals surface area contributed by atoms with E-state index >= 15 is 0 Å². The summed E-state index contributed by atoms with van der Waals surface area (Å²) in [6, 6.07) is -0.0444. The minimum absolute atomic E-state index is 0. The number of nitrogens with two attached hydrogens (primary N) is 1. The van der Waals surface area contributed by atoms with E-state index in [1.807, 2.05) is 4.57 Å². The molecule has 0 saturated carbocycles. The first-order valence-corrected chi connectivity index (χ1v) is 7.83. The highest BCUT2D eigenvalue weighted by atomic mass is 35.5. The smallest absolute Gasteiger partial charge is 0.262 e. The number of sulfonamides is 1. The van der Waals surface area contributed by atoms with Crippen molar-refractivity contribution in [1.82, 2.24) is 13.9 Å². The minimum Gasteiger partial charge on any atom is -0.333 e. The van der Waals surface area contributed by atoms with Crippen LogP contribution in [-0.4, -0.2) is 41.4 Å². The van der Waals surface area contributed by atoms with E-state index in [-0.39, 0.29) is 23.5 Å². The van der Waals surface area contributed by atoms with Gasteiger partial charge in [0, 0.05) is 38.3 Å². The number of halogens is 1. The number of rotatable bonds is 2. The molecule has 3 rings (SSSR count). The van der Waals surface area contributed by atoms with Crippen LogP contribution in [0, 0.1) is 0 Å². The van der Waals surface area contributed by atoms with Crippen molar-refractivity contribution in [3.8, 4) is 0 Å². The Hall–Kier alpha value is -0.630. The monoisotopic (exact) mass is 306 g/mol. The number of aryl methyl sites for hydroxylation is 2. The number of hydrogen-bond acceptors (Lipinski definition) is 4. The maximum absolute atomic E-state index is 12.4. The van der Waals surface area contributed by atoms with Crippen molar-refractivity contribution in [1.29, 1.82) is 0 Å². The predicted octanol–water partition coefficient (Wildman–Crippen LogP) is 0.363. The van der Waals surface area contributed by atoms with Gasteiger partial charge in [-0.1, -0.05) is 0 Å². The van der Waals surface area contributed by atoms with Crippen LogP contribution in [0.5, 0.6) is 0 Å². The zero-order chi connectivity index (χ0) is 12.8. The second kappa shape index (κ2) is 5.40. The Morgan fingerprint density at radius 1 is 1.32 bits per heavy atom. The molecule has 108 valence electrons. The van der Waals surface area contributed by atoms with E-state index in [9.17, 15) is 8.42 Å². The summed E-state index contributed by atoms with van der Waals surface area (Å²) in [5.41, 5.74) is 5.77. The first-order chi connectivity index (χ1) is 8.57. The standard InChI is InChI=1S/C11H18N4O2S.ClH/c12-9-4-6-15(7-9)18(16,17)11-8-14-5-2-1-3-10(14)13-11;/h8-9H,1-7,12H2;1H. The molecule has 6 nitrogen and oxygen atoms in total. The summed E-state index contributed by atoms with van der Waals surface area (Å²) in [5, 5.41) is 0.188. The van der Waals surface area contributed by atoms with Crippen LogP contribution in [0.15, 0.2) is 11.2 Å². The Morgan fingerprint density at radius 3 is 2.74 bits per heavy atom. The van der Waals surface area contributed by atoms with Crippen molar-refractivity contribution in [2.75, 3.05) is 13.1 Å². The molecular formula is C11H19ClN4O2S. The van der Waals surface area contributed by atoms with E-state index in [1.54, 1.807) is 6.20 Å². The molecular weight excluding hydrogens is 288 g/mol. The Labute approximate surface area is 119 Å². The predicted molar refractivity (Wildman–Crippen MR) is 73.8 cm³/mol. The quantitative estimate of drug-likeness (QED) is 0.855. The fourth-order valence-corrected chi connectivity index (χ4v) is 4.09. The molecule has 2 aliphatic heterocycles. The molecule has 0 aromatic carbocycles. The molecule has 19 heavy (non-hydrogen) atoms. The third kappa shape index (κ3) is 2.65. The summed E-state index contributed by atoms with van der Waals surface area (Å²) < 4.78 is 28.2. The molecule has 8 heteroatoms. The van der Waals surface area contributed by atoms with Crippen LogP contribution in [0.4, 0.5) is 0 Å². The SMILES string of the molecule is Cl.NC1CCN(S(=O)(=O)c2cn3c(n2)CCCC3)C1. The molecule has 0 radical (unpaired) electrons. The lowest BCUT2D eigenvalue weighted by atomic mass is 10.2. The van der Waals surface area contributed by atoms with Crippen LogP contribution in [0.1, 0.15) is 25.1 Å². The van der Waals surface area contributed by atoms with Crippen LogP contribution in [-0.2, 0) is 23.0 Å². The molecule has 1 fully saturated rings. The third-order valence-electron chi connectivity index (χ3n) is 3.68. The zero-order valence-corrected chi connectivity index (χ0v) is 12.3. The van der Waals surface area contributed by atoms with Gasteiger partial charge in [-0.3, -0.25) is 0 Å². The lowest BCUT2D eigenvalue weighted by molar-refractivity contribution is 0.469. The lowest BCUT2D eigenvalue weighted by Gasteiger charge is -2.13. The lowest BCUT2D eigenvalue weighted by Crippen LogP contribution is -2.32. The van der Waals surface area contributed by atoms with Gasteiger partial charge < -0.3 is 10.3 Å². The third-order valence-corrected chi connectivity index (χ3v) is 5.41. The normalized spacial score (nSPS) is 23.9. The van der Waals surface area contributed by atoms with Crippen LogP contribution >= 0.6 is 12.4 Å². The van der Waals surface area contributed by atoms with Crippen molar-refractivity contribution >= 4 is 22.4 Å². The maximum Gasteiger partial charge on any atom is 0.262 e. The van der Waals surface area contributed by atoms with Gasteiger partial charge >= 0.3 is 0 Å². The van der Waals surface area contributed by atoms with Crippen LogP contribution < -0.4 is 5.73 Å². The van der Waals surface area contributed by atoms with Crippen molar-refractivity contribution in [3.05, 3.63) is 12.0 Å². The van der Waals surface area contributed by atoms with E-state index in [2.05, 4.69) is 4.98 Å². The maximum atomic E-state index is 12.4. The molecule has 0 spiro atoms. The molecule has 1 unspecified atom stereocenters. The van der Waals surface area contributed by atoms with Crippen LogP contribution in [0.2, 0.25) is 0 Å². The van der Waals surface area contributed by atoms with Crippen LogP contribution in [0.25, 0.3) is 0 Å². The topological polar surface area (TPSA) is 81.2 Å². The van der Waals surface area contributed by atoms with Gasteiger partial charge in [-0.05, 0) is 19.3 Å². The van der Waals surface area contributed by atoms with Gasteiger partial charge in [0.1, 0.15) is 5.82 Å². The molecule has 3 heterocycles. The van der Waals surface area contributed by atoms with E-state index in [0.29, 0.717) is 13.1 Å². The molecule has 0 amide bonds. The molecule has 1 aromatic rings. The average molecular weight is 307 g/mol. The number of hydrogen-bond donors (Lipinski definition) is 1. The largest absolute Gasteiger partial charge is 0.333 e. The highest BCUT2D eigenvalue weighted by Crippen LogP contribution is 2.22. The molecule has 2 aliphatic rings. The second-order valence-corrected chi connectivity index (χ2v) is 6.94. The summed E-state index contributed by atoms with van der Waals surface area (Å²) in [6.07, 6.45) is 5.46. The number of imidazole rings is 1. The molecule has 2 N–H and O–H groups in total. The fourth-order valence-electron chi connectivity index (χ4n) is 2.62. The molecule has 0 bridgehead atoms. The molecule has 0 aliphatic carbocycles. The highest BCUT2D eigenvalue weighted by Gasteiger charge is 2.33.